The number of thiophene rings is 1. The van der Waals surface area contributed by atoms with Gasteiger partial charge in [0.2, 0.25) is 0 Å². The second-order valence-electron chi connectivity index (χ2n) is 8.73. The van der Waals surface area contributed by atoms with Crippen molar-refractivity contribution in [1.29, 1.82) is 0 Å². The van der Waals surface area contributed by atoms with Crippen molar-refractivity contribution in [1.82, 2.24) is 30.3 Å². The third-order valence-corrected chi connectivity index (χ3v) is 5.86. The Labute approximate surface area is 187 Å². The highest BCUT2D eigenvalue weighted by Gasteiger charge is 2.28. The van der Waals surface area contributed by atoms with Crippen LogP contribution in [-0.4, -0.2) is 56.4 Å². The van der Waals surface area contributed by atoms with Crippen molar-refractivity contribution in [2.45, 2.75) is 65.3 Å². The molecule has 0 aromatic carbocycles. The van der Waals surface area contributed by atoms with Crippen LogP contribution in [0.25, 0.3) is 0 Å². The van der Waals surface area contributed by atoms with Crippen molar-refractivity contribution in [3.63, 3.8) is 0 Å². The lowest BCUT2D eigenvalue weighted by molar-refractivity contribution is 0.0193. The number of guanidine groups is 1. The minimum Gasteiger partial charge on any atom is -0.444 e. The number of carbonyl (C=O) groups is 1. The molecule has 1 saturated heterocycles. The van der Waals surface area contributed by atoms with E-state index in [0.717, 1.165) is 24.5 Å². The number of nitrogens with zero attached hydrogens (tertiary/aromatic N) is 5. The zero-order valence-corrected chi connectivity index (χ0v) is 19.8. The fraction of sp³-hybridized carbons (Fsp3) is 0.619. The third-order valence-electron chi connectivity index (χ3n) is 4.99. The zero-order chi connectivity index (χ0) is 22.4. The Bertz CT molecular complexity index is 886. The second kappa shape index (κ2) is 10.1. The highest BCUT2D eigenvalue weighted by Crippen LogP contribution is 2.15. The smallest absolute Gasteiger partial charge is 0.410 e. The number of carbonyl (C=O) groups excluding carboxylic acids is 1. The van der Waals surface area contributed by atoms with Crippen molar-refractivity contribution in [3.8, 4) is 0 Å². The first-order chi connectivity index (χ1) is 14.7. The average molecular weight is 448 g/mol. The Morgan fingerprint density at radius 1 is 1.39 bits per heavy atom. The van der Waals surface area contributed by atoms with Crippen molar-refractivity contribution in [2.75, 3.05) is 13.1 Å². The maximum absolute atomic E-state index is 12.5. The summed E-state index contributed by atoms with van der Waals surface area (Å²) < 4.78 is 7.48. The molecule has 2 aromatic heterocycles. The quantitative estimate of drug-likeness (QED) is 0.540. The molecule has 2 aromatic rings. The van der Waals surface area contributed by atoms with E-state index in [1.165, 1.54) is 4.88 Å². The summed E-state index contributed by atoms with van der Waals surface area (Å²) in [7, 11) is 1.94. The first-order valence-electron chi connectivity index (χ1n) is 10.6. The number of aromatic nitrogens is 3. The van der Waals surface area contributed by atoms with E-state index in [-0.39, 0.29) is 12.1 Å². The van der Waals surface area contributed by atoms with Crippen LogP contribution in [0.2, 0.25) is 0 Å². The molecule has 0 aliphatic carbocycles. The van der Waals surface area contributed by atoms with Gasteiger partial charge in [-0.15, -0.1) is 21.5 Å². The van der Waals surface area contributed by atoms with Gasteiger partial charge >= 0.3 is 6.09 Å². The minimum atomic E-state index is -0.499. The Kier molecular flexibility index (Phi) is 7.53. The molecule has 1 amide bonds. The van der Waals surface area contributed by atoms with Crippen LogP contribution in [-0.2, 0) is 24.9 Å². The molecule has 1 aliphatic rings. The Morgan fingerprint density at radius 3 is 2.84 bits per heavy atom. The summed E-state index contributed by atoms with van der Waals surface area (Å²) in [4.78, 5) is 20.2. The molecule has 1 atom stereocenters. The number of rotatable bonds is 5. The Balaban J connectivity index is 1.65. The molecule has 1 aliphatic heterocycles. The van der Waals surface area contributed by atoms with Crippen molar-refractivity contribution >= 4 is 23.4 Å². The molecule has 0 radical (unpaired) electrons. The molecule has 1 unspecified atom stereocenters. The molecule has 9 nitrogen and oxygen atoms in total. The van der Waals surface area contributed by atoms with E-state index in [2.05, 4.69) is 32.3 Å². The first-order valence-corrected chi connectivity index (χ1v) is 11.5. The van der Waals surface area contributed by atoms with Gasteiger partial charge in [-0.05, 0) is 52.0 Å². The van der Waals surface area contributed by atoms with Crippen LogP contribution in [0.5, 0.6) is 0 Å². The highest BCUT2D eigenvalue weighted by atomic mass is 32.1. The molecule has 0 saturated carbocycles. The van der Waals surface area contributed by atoms with Crippen LogP contribution in [0.3, 0.4) is 0 Å². The number of ether oxygens (including phenoxy) is 1. The minimum absolute atomic E-state index is 0.0945. The molecular weight excluding hydrogens is 414 g/mol. The summed E-state index contributed by atoms with van der Waals surface area (Å²) in [5.74, 6) is 2.35. The summed E-state index contributed by atoms with van der Waals surface area (Å²) in [6, 6.07) is 4.22. The van der Waals surface area contributed by atoms with Gasteiger partial charge in [-0.3, -0.25) is 0 Å². The van der Waals surface area contributed by atoms with E-state index >= 15 is 0 Å². The fourth-order valence-corrected chi connectivity index (χ4v) is 3.90. The number of amides is 1. The van der Waals surface area contributed by atoms with Gasteiger partial charge < -0.3 is 24.8 Å². The van der Waals surface area contributed by atoms with Gasteiger partial charge in [-0.1, -0.05) is 6.07 Å². The van der Waals surface area contributed by atoms with Crippen LogP contribution < -0.4 is 10.6 Å². The summed E-state index contributed by atoms with van der Waals surface area (Å²) in [5.41, 5.74) is -0.499. The van der Waals surface area contributed by atoms with Gasteiger partial charge in [0.1, 0.15) is 18.0 Å². The lowest BCUT2D eigenvalue weighted by atomic mass is 10.1. The van der Waals surface area contributed by atoms with Gasteiger partial charge in [0.05, 0.1) is 6.54 Å². The lowest BCUT2D eigenvalue weighted by Gasteiger charge is -2.35. The number of piperidine rings is 1. The third kappa shape index (κ3) is 6.95. The van der Waals surface area contributed by atoms with Crippen molar-refractivity contribution in [3.05, 3.63) is 34.0 Å². The molecule has 0 bridgehead atoms. The molecule has 2 N–H and O–H groups in total. The van der Waals surface area contributed by atoms with Crippen LogP contribution in [0.15, 0.2) is 22.5 Å². The van der Waals surface area contributed by atoms with Crippen molar-refractivity contribution < 1.29 is 9.53 Å². The van der Waals surface area contributed by atoms with E-state index in [9.17, 15) is 4.79 Å². The molecule has 170 valence electrons. The monoisotopic (exact) mass is 447 g/mol. The van der Waals surface area contributed by atoms with Crippen LogP contribution in [0.1, 0.15) is 50.1 Å². The summed E-state index contributed by atoms with van der Waals surface area (Å²) in [6.07, 6.45) is 1.61. The lowest BCUT2D eigenvalue weighted by Crippen LogP contribution is -2.53. The topological polar surface area (TPSA) is 96.7 Å². The molecule has 31 heavy (non-hydrogen) atoms. The first kappa shape index (κ1) is 23.1. The summed E-state index contributed by atoms with van der Waals surface area (Å²) in [6.45, 7) is 9.97. The van der Waals surface area contributed by atoms with Crippen LogP contribution in [0, 0.1) is 6.92 Å². The average Bonchev–Trinajstić information content (AvgIpc) is 3.34. The fourth-order valence-electron chi connectivity index (χ4n) is 3.26. The van der Waals surface area contributed by atoms with E-state index in [1.807, 2.05) is 45.4 Å². The SMILES string of the molecule is Cc1nnc(CN=C(NCc2cccs2)NC2CCCN(C(=O)OC(C)(C)C)C2)n1C. The normalized spacial score (nSPS) is 17.5. The van der Waals surface area contributed by atoms with Gasteiger partial charge in [0, 0.05) is 31.1 Å². The molecule has 10 heteroatoms. The molecule has 3 rings (SSSR count). The number of hydrogen-bond acceptors (Lipinski definition) is 6. The van der Waals surface area contributed by atoms with Crippen LogP contribution in [0.4, 0.5) is 4.79 Å². The van der Waals surface area contributed by atoms with E-state index in [0.29, 0.717) is 32.1 Å². The number of hydrogen-bond donors (Lipinski definition) is 2. The number of aryl methyl sites for hydroxylation is 1. The largest absolute Gasteiger partial charge is 0.444 e. The summed E-state index contributed by atoms with van der Waals surface area (Å²) in [5, 5.41) is 17.3. The maximum Gasteiger partial charge on any atom is 0.410 e. The molecule has 0 spiro atoms. The Hall–Kier alpha value is -2.62. The van der Waals surface area contributed by atoms with E-state index in [1.54, 1.807) is 16.2 Å². The standard InChI is InChI=1S/C21H33N7O2S/c1-15-25-26-18(27(15)5)13-23-19(22-12-17-9-7-11-31-17)24-16-8-6-10-28(14-16)20(29)30-21(2,3)4/h7,9,11,16H,6,8,10,12-14H2,1-5H3,(H2,22,23,24). The van der Waals surface area contributed by atoms with Gasteiger partial charge in [-0.25, -0.2) is 9.79 Å². The summed E-state index contributed by atoms with van der Waals surface area (Å²) >= 11 is 1.70. The Morgan fingerprint density at radius 2 is 2.19 bits per heavy atom. The highest BCUT2D eigenvalue weighted by molar-refractivity contribution is 7.09. The molecular formula is C21H33N7O2S. The number of nitrogens with one attached hydrogen (secondary N) is 2. The van der Waals surface area contributed by atoms with Gasteiger partial charge in [0.25, 0.3) is 0 Å². The van der Waals surface area contributed by atoms with Crippen molar-refractivity contribution in [2.24, 2.45) is 12.0 Å². The van der Waals surface area contributed by atoms with E-state index < -0.39 is 5.60 Å². The van der Waals surface area contributed by atoms with Gasteiger partial charge in [-0.2, -0.15) is 0 Å². The zero-order valence-electron chi connectivity index (χ0n) is 19.0. The predicted molar refractivity (Wildman–Crippen MR) is 122 cm³/mol. The van der Waals surface area contributed by atoms with Crippen LogP contribution >= 0.6 is 11.3 Å². The number of aliphatic imine (C=N–C) groups is 1. The molecule has 3 heterocycles. The number of likely N-dealkylation sites (tertiary alicyclic amines) is 1. The predicted octanol–water partition coefficient (Wildman–Crippen LogP) is 2.82. The molecule has 1 fully saturated rings. The maximum atomic E-state index is 12.5. The second-order valence-corrected chi connectivity index (χ2v) is 9.76. The van der Waals surface area contributed by atoms with E-state index in [4.69, 9.17) is 9.73 Å². The van der Waals surface area contributed by atoms with Gasteiger partial charge in [0.15, 0.2) is 11.8 Å².